The van der Waals surface area contributed by atoms with Crippen molar-refractivity contribution in [1.29, 1.82) is 0 Å². The second-order valence-electron chi connectivity index (χ2n) is 4.90. The summed E-state index contributed by atoms with van der Waals surface area (Å²) in [5.41, 5.74) is 6.53. The fourth-order valence-electron chi connectivity index (χ4n) is 2.31. The molecule has 1 aliphatic rings. The summed E-state index contributed by atoms with van der Waals surface area (Å²) in [5.74, 6) is -2.57. The van der Waals surface area contributed by atoms with E-state index in [9.17, 15) is 13.3 Å². The van der Waals surface area contributed by atoms with Crippen LogP contribution in [0.1, 0.15) is 24.4 Å². The highest BCUT2D eigenvalue weighted by molar-refractivity contribution is 7.90. The molecule has 8 heteroatoms. The number of nitrogens with zero attached hydrogens (tertiary/aromatic N) is 3. The Bertz CT molecular complexity index is 434. The van der Waals surface area contributed by atoms with Crippen LogP contribution in [-0.2, 0) is 11.2 Å². The fourth-order valence-corrected chi connectivity index (χ4v) is 2.71. The van der Waals surface area contributed by atoms with Crippen molar-refractivity contribution in [3.8, 4) is 0 Å². The van der Waals surface area contributed by atoms with Gasteiger partial charge in [-0.15, -0.1) is 0 Å². The maximum Gasteiger partial charge on any atom is 0.342 e. The van der Waals surface area contributed by atoms with Crippen molar-refractivity contribution in [3.05, 3.63) is 18.0 Å². The molecule has 2 rings (SSSR count). The molecule has 1 fully saturated rings. The third-order valence-corrected chi connectivity index (χ3v) is 4.21. The Kier molecular flexibility index (Phi) is 4.90. The van der Waals surface area contributed by atoms with Crippen molar-refractivity contribution >= 4 is 11.2 Å². The number of alkyl halides is 2. The highest BCUT2D eigenvalue weighted by Gasteiger charge is 2.36. The summed E-state index contributed by atoms with van der Waals surface area (Å²) >= 11 is -1.23. The lowest BCUT2D eigenvalue weighted by molar-refractivity contribution is -0.0628. The van der Waals surface area contributed by atoms with Crippen molar-refractivity contribution < 1.29 is 13.3 Å². The topological polar surface area (TPSA) is 78.1 Å². The molecule has 0 aromatic carbocycles. The summed E-state index contributed by atoms with van der Waals surface area (Å²) < 4.78 is 37.6. The van der Waals surface area contributed by atoms with E-state index in [0.717, 1.165) is 5.56 Å². The maximum atomic E-state index is 13.2. The van der Waals surface area contributed by atoms with Gasteiger partial charge in [-0.05, 0) is 0 Å². The van der Waals surface area contributed by atoms with Gasteiger partial charge in [-0.1, -0.05) is 0 Å². The van der Waals surface area contributed by atoms with Crippen molar-refractivity contribution in [2.45, 2.75) is 30.0 Å². The van der Waals surface area contributed by atoms with Crippen molar-refractivity contribution in [1.82, 2.24) is 14.9 Å². The lowest BCUT2D eigenvalue weighted by Gasteiger charge is -2.36. The number of hydrogen-bond donors (Lipinski definition) is 1. The molecule has 112 valence electrons. The summed E-state index contributed by atoms with van der Waals surface area (Å²) in [6, 6.07) is -0.176. The van der Waals surface area contributed by atoms with E-state index in [4.69, 9.17) is 5.73 Å². The number of nitrogens with two attached hydrogens (primary N) is 1. The number of likely N-dealkylation sites (tertiary alicyclic amines) is 1. The van der Waals surface area contributed by atoms with Gasteiger partial charge in [-0.3, -0.25) is 4.90 Å². The van der Waals surface area contributed by atoms with Gasteiger partial charge in [0, 0.05) is 61.6 Å². The van der Waals surface area contributed by atoms with E-state index < -0.39 is 17.1 Å². The molecular formula is C12H18F2N4OS. The molecule has 1 aromatic rings. The van der Waals surface area contributed by atoms with E-state index in [1.165, 1.54) is 6.26 Å². The first kappa shape index (κ1) is 15.6. The largest absolute Gasteiger partial charge is 0.609 e. The van der Waals surface area contributed by atoms with Crippen LogP contribution in [0.25, 0.3) is 0 Å². The molecular weight excluding hydrogens is 286 g/mol. The molecule has 2 unspecified atom stereocenters. The van der Waals surface area contributed by atoms with Crippen LogP contribution in [0.3, 0.4) is 0 Å². The summed E-state index contributed by atoms with van der Waals surface area (Å²) in [7, 11) is 0. The number of hydrogen-bond acceptors (Lipinski definition) is 5. The summed E-state index contributed by atoms with van der Waals surface area (Å²) in [4.78, 5) is 9.99. The summed E-state index contributed by atoms with van der Waals surface area (Å²) in [5, 5.41) is 0.259. The Balaban J connectivity index is 2.08. The van der Waals surface area contributed by atoms with Gasteiger partial charge in [0.25, 0.3) is 5.92 Å². The fraction of sp³-hybridized carbons (Fsp3) is 0.667. The number of halogens is 2. The van der Waals surface area contributed by atoms with Crippen LogP contribution in [0.5, 0.6) is 0 Å². The van der Waals surface area contributed by atoms with Gasteiger partial charge in [-0.2, -0.15) is 9.97 Å². The van der Waals surface area contributed by atoms with Gasteiger partial charge < -0.3 is 10.3 Å². The molecule has 0 radical (unpaired) electrons. The molecule has 2 N–H and O–H groups in total. The van der Waals surface area contributed by atoms with Crippen LogP contribution in [0, 0.1) is 0 Å². The zero-order valence-electron chi connectivity index (χ0n) is 11.3. The first-order chi connectivity index (χ1) is 9.43. The second kappa shape index (κ2) is 6.30. The van der Waals surface area contributed by atoms with Crippen LogP contribution in [0.15, 0.2) is 17.6 Å². The Morgan fingerprint density at radius 1 is 1.40 bits per heavy atom. The Morgan fingerprint density at radius 2 is 1.95 bits per heavy atom. The van der Waals surface area contributed by atoms with Crippen LogP contribution in [0.2, 0.25) is 0 Å². The molecule has 0 saturated carbocycles. The van der Waals surface area contributed by atoms with Crippen LogP contribution >= 0.6 is 0 Å². The monoisotopic (exact) mass is 304 g/mol. The smallest absolute Gasteiger partial charge is 0.342 e. The second-order valence-corrected chi connectivity index (χ2v) is 6.17. The molecule has 20 heavy (non-hydrogen) atoms. The SMILES string of the molecule is C[S+]([O-])c1ncc(C(CN)N2CCC(F)(F)CC2)cn1. The molecule has 0 amide bonds. The molecule has 1 aromatic heterocycles. The zero-order valence-corrected chi connectivity index (χ0v) is 12.1. The third kappa shape index (κ3) is 3.63. The van der Waals surface area contributed by atoms with Gasteiger partial charge in [0.05, 0.1) is 6.04 Å². The molecule has 5 nitrogen and oxygen atoms in total. The van der Waals surface area contributed by atoms with Crippen molar-refractivity contribution in [2.75, 3.05) is 25.9 Å². The minimum Gasteiger partial charge on any atom is -0.609 e. The highest BCUT2D eigenvalue weighted by atomic mass is 32.2. The van der Waals surface area contributed by atoms with E-state index in [-0.39, 0.29) is 24.0 Å². The minimum absolute atomic E-state index is 0.151. The predicted molar refractivity (Wildman–Crippen MR) is 71.9 cm³/mol. The van der Waals surface area contributed by atoms with Gasteiger partial charge in [0.2, 0.25) is 0 Å². The molecule has 0 bridgehead atoms. The molecule has 0 aliphatic carbocycles. The lowest BCUT2D eigenvalue weighted by atomic mass is 10.0. The van der Waals surface area contributed by atoms with Gasteiger partial charge in [-0.25, -0.2) is 8.78 Å². The van der Waals surface area contributed by atoms with Gasteiger partial charge in [0.1, 0.15) is 6.26 Å². The van der Waals surface area contributed by atoms with E-state index in [2.05, 4.69) is 9.97 Å². The van der Waals surface area contributed by atoms with Crippen LogP contribution in [-0.4, -0.2) is 51.2 Å². The summed E-state index contributed by atoms with van der Waals surface area (Å²) in [6.07, 6.45) is 4.35. The molecule has 0 spiro atoms. The van der Waals surface area contributed by atoms with Gasteiger partial charge in [0.15, 0.2) is 0 Å². The Hall–Kier alpha value is -0.830. The van der Waals surface area contributed by atoms with Crippen molar-refractivity contribution in [3.63, 3.8) is 0 Å². The van der Waals surface area contributed by atoms with Crippen molar-refractivity contribution in [2.24, 2.45) is 5.73 Å². The Labute approximate surface area is 119 Å². The van der Waals surface area contributed by atoms with Gasteiger partial charge >= 0.3 is 5.16 Å². The van der Waals surface area contributed by atoms with E-state index >= 15 is 0 Å². The standard InChI is InChI=1S/C12H18F2N4OS/c1-20(19)11-16-7-9(8-17-11)10(6-15)18-4-2-12(13,14)3-5-18/h7-8,10H,2-6,15H2,1H3. The lowest BCUT2D eigenvalue weighted by Crippen LogP contribution is -2.43. The van der Waals surface area contributed by atoms with Crippen LogP contribution in [0.4, 0.5) is 8.78 Å². The normalized spacial score (nSPS) is 22.4. The molecule has 1 aliphatic heterocycles. The quantitative estimate of drug-likeness (QED) is 0.662. The zero-order chi connectivity index (χ0) is 14.8. The summed E-state index contributed by atoms with van der Waals surface area (Å²) in [6.45, 7) is 0.913. The first-order valence-corrected chi connectivity index (χ1v) is 7.96. The van der Waals surface area contributed by atoms with E-state index in [1.807, 2.05) is 4.90 Å². The average molecular weight is 304 g/mol. The maximum absolute atomic E-state index is 13.2. The van der Waals surface area contributed by atoms with E-state index in [0.29, 0.717) is 19.6 Å². The molecule has 2 heterocycles. The Morgan fingerprint density at radius 3 is 2.40 bits per heavy atom. The van der Waals surface area contributed by atoms with E-state index in [1.54, 1.807) is 12.4 Å². The third-order valence-electron chi connectivity index (χ3n) is 3.48. The number of rotatable bonds is 4. The minimum atomic E-state index is -2.57. The average Bonchev–Trinajstić information content (AvgIpc) is 2.42. The first-order valence-electron chi connectivity index (χ1n) is 6.40. The molecule has 2 atom stereocenters. The van der Waals surface area contributed by atoms with Crippen LogP contribution < -0.4 is 5.73 Å². The number of aromatic nitrogens is 2. The predicted octanol–water partition coefficient (Wildman–Crippen LogP) is 0.945. The molecule has 1 saturated heterocycles. The highest BCUT2D eigenvalue weighted by Crippen LogP contribution is 2.31. The number of piperidine rings is 1.